The molecule has 87 valence electrons. The summed E-state index contributed by atoms with van der Waals surface area (Å²) < 4.78 is 5.49. The van der Waals surface area contributed by atoms with E-state index in [0.29, 0.717) is 30.2 Å². The van der Waals surface area contributed by atoms with Crippen LogP contribution in [0.5, 0.6) is 0 Å². The SMILES string of the molecule is NC(=O)c1[c]ccc2oc(N3CC(O)C3)nc12. The van der Waals surface area contributed by atoms with Crippen LogP contribution in [0.25, 0.3) is 11.1 Å². The van der Waals surface area contributed by atoms with Crippen molar-refractivity contribution in [3.8, 4) is 0 Å². The largest absolute Gasteiger partial charge is 0.423 e. The smallest absolute Gasteiger partial charge is 0.298 e. The number of aromatic nitrogens is 1. The molecule has 1 aliphatic heterocycles. The normalized spacial score (nSPS) is 16.2. The standard InChI is InChI=1S/C11H10N3O3/c12-10(16)7-2-1-3-8-9(7)13-11(17-8)14-4-6(15)5-14/h1,3,6,15H,4-5H2,(H2,12,16). The zero-order chi connectivity index (χ0) is 12.0. The van der Waals surface area contributed by atoms with Gasteiger partial charge in [0.15, 0.2) is 5.58 Å². The van der Waals surface area contributed by atoms with Gasteiger partial charge >= 0.3 is 0 Å². The maximum Gasteiger partial charge on any atom is 0.298 e. The van der Waals surface area contributed by atoms with Gasteiger partial charge in [0.2, 0.25) is 0 Å². The summed E-state index contributed by atoms with van der Waals surface area (Å²) >= 11 is 0. The van der Waals surface area contributed by atoms with Crippen molar-refractivity contribution in [1.82, 2.24) is 4.98 Å². The van der Waals surface area contributed by atoms with Crippen LogP contribution in [0, 0.1) is 6.07 Å². The third-order valence-electron chi connectivity index (χ3n) is 2.72. The Morgan fingerprint density at radius 3 is 3.06 bits per heavy atom. The summed E-state index contributed by atoms with van der Waals surface area (Å²) in [6.07, 6.45) is -0.341. The third-order valence-corrected chi connectivity index (χ3v) is 2.72. The molecule has 1 amide bonds. The lowest BCUT2D eigenvalue weighted by atomic mass is 10.2. The number of aliphatic hydroxyl groups is 1. The van der Waals surface area contributed by atoms with Crippen molar-refractivity contribution >= 4 is 23.0 Å². The van der Waals surface area contributed by atoms with Gasteiger partial charge in [-0.1, -0.05) is 0 Å². The number of oxazole rings is 1. The fourth-order valence-electron chi connectivity index (χ4n) is 1.82. The molecule has 6 nitrogen and oxygen atoms in total. The van der Waals surface area contributed by atoms with E-state index in [9.17, 15) is 9.90 Å². The van der Waals surface area contributed by atoms with Crippen LogP contribution in [0.3, 0.4) is 0 Å². The van der Waals surface area contributed by atoms with Crippen LogP contribution in [-0.2, 0) is 0 Å². The van der Waals surface area contributed by atoms with Crippen molar-refractivity contribution in [2.75, 3.05) is 18.0 Å². The Hall–Kier alpha value is -2.08. The first-order valence-electron chi connectivity index (χ1n) is 5.19. The molecule has 0 spiro atoms. The average molecular weight is 232 g/mol. The lowest BCUT2D eigenvalue weighted by molar-refractivity contribution is 0.100. The van der Waals surface area contributed by atoms with Crippen molar-refractivity contribution in [3.05, 3.63) is 23.8 Å². The molecule has 1 radical (unpaired) electrons. The van der Waals surface area contributed by atoms with Gasteiger partial charge in [-0.05, 0) is 18.2 Å². The van der Waals surface area contributed by atoms with E-state index < -0.39 is 5.91 Å². The van der Waals surface area contributed by atoms with Crippen LogP contribution < -0.4 is 10.6 Å². The van der Waals surface area contributed by atoms with Crippen LogP contribution >= 0.6 is 0 Å². The summed E-state index contributed by atoms with van der Waals surface area (Å²) in [7, 11) is 0. The Kier molecular flexibility index (Phi) is 2.05. The van der Waals surface area contributed by atoms with E-state index in [-0.39, 0.29) is 11.7 Å². The van der Waals surface area contributed by atoms with Gasteiger partial charge in [-0.3, -0.25) is 4.79 Å². The molecule has 1 saturated heterocycles. The minimum absolute atomic E-state index is 0.221. The lowest BCUT2D eigenvalue weighted by Gasteiger charge is -2.34. The minimum Gasteiger partial charge on any atom is -0.423 e. The molecule has 17 heavy (non-hydrogen) atoms. The van der Waals surface area contributed by atoms with Gasteiger partial charge in [0.05, 0.1) is 24.8 Å². The predicted octanol–water partition coefficient (Wildman–Crippen LogP) is -0.0922. The molecule has 2 heterocycles. The highest BCUT2D eigenvalue weighted by Gasteiger charge is 2.28. The highest BCUT2D eigenvalue weighted by molar-refractivity contribution is 6.03. The molecule has 0 aliphatic carbocycles. The fourth-order valence-corrected chi connectivity index (χ4v) is 1.82. The number of benzene rings is 1. The fraction of sp³-hybridized carbons (Fsp3) is 0.273. The molecule has 0 unspecified atom stereocenters. The Balaban J connectivity index is 2.06. The number of primary amides is 1. The van der Waals surface area contributed by atoms with Gasteiger partial charge in [-0.25, -0.2) is 0 Å². The number of amides is 1. The summed E-state index contributed by atoms with van der Waals surface area (Å²) in [6, 6.07) is 6.39. The van der Waals surface area contributed by atoms with Gasteiger partial charge < -0.3 is 20.2 Å². The Bertz CT molecular complexity index is 587. The first kappa shape index (κ1) is 10.1. The highest BCUT2D eigenvalue weighted by Crippen LogP contribution is 2.26. The second kappa shape index (κ2) is 3.46. The summed E-state index contributed by atoms with van der Waals surface area (Å²) in [6.45, 7) is 0.977. The van der Waals surface area contributed by atoms with Gasteiger partial charge in [0, 0.05) is 0 Å². The van der Waals surface area contributed by atoms with Crippen LogP contribution in [0.1, 0.15) is 10.4 Å². The summed E-state index contributed by atoms with van der Waals surface area (Å²) in [4.78, 5) is 17.2. The number of hydrogen-bond donors (Lipinski definition) is 2. The Morgan fingerprint density at radius 2 is 2.41 bits per heavy atom. The molecule has 0 saturated carbocycles. The zero-order valence-corrected chi connectivity index (χ0v) is 8.88. The molecular formula is C11H10N3O3. The maximum absolute atomic E-state index is 11.2. The number of carbonyl (C=O) groups excluding carboxylic acids is 1. The molecule has 1 aromatic carbocycles. The number of hydrogen-bond acceptors (Lipinski definition) is 5. The first-order chi connectivity index (χ1) is 8.15. The minimum atomic E-state index is -0.584. The van der Waals surface area contributed by atoms with Crippen molar-refractivity contribution in [3.63, 3.8) is 0 Å². The number of rotatable bonds is 2. The van der Waals surface area contributed by atoms with Crippen molar-refractivity contribution in [2.24, 2.45) is 5.73 Å². The van der Waals surface area contributed by atoms with E-state index in [0.717, 1.165) is 0 Å². The summed E-state index contributed by atoms with van der Waals surface area (Å²) in [5.41, 5.74) is 6.36. The molecule has 0 bridgehead atoms. The number of nitrogens with two attached hydrogens (primary N) is 1. The molecule has 1 aliphatic rings. The number of aliphatic hydroxyl groups excluding tert-OH is 1. The van der Waals surface area contributed by atoms with E-state index in [1.54, 1.807) is 17.0 Å². The number of anilines is 1. The Labute approximate surface area is 96.6 Å². The van der Waals surface area contributed by atoms with Crippen LogP contribution in [0.4, 0.5) is 6.01 Å². The molecule has 1 aromatic heterocycles. The Morgan fingerprint density at radius 1 is 1.65 bits per heavy atom. The van der Waals surface area contributed by atoms with Crippen LogP contribution in [-0.4, -0.2) is 35.2 Å². The predicted molar refractivity (Wildman–Crippen MR) is 59.6 cm³/mol. The van der Waals surface area contributed by atoms with E-state index in [2.05, 4.69) is 11.1 Å². The zero-order valence-electron chi connectivity index (χ0n) is 8.88. The van der Waals surface area contributed by atoms with Crippen LogP contribution in [0.15, 0.2) is 16.5 Å². The van der Waals surface area contributed by atoms with Crippen molar-refractivity contribution in [2.45, 2.75) is 6.10 Å². The number of fused-ring (bicyclic) bond motifs is 1. The van der Waals surface area contributed by atoms with Gasteiger partial charge in [0.25, 0.3) is 11.9 Å². The molecule has 0 atom stereocenters. The van der Waals surface area contributed by atoms with E-state index in [1.165, 1.54) is 0 Å². The number of carbonyl (C=O) groups is 1. The van der Waals surface area contributed by atoms with Gasteiger partial charge in [-0.2, -0.15) is 4.98 Å². The lowest BCUT2D eigenvalue weighted by Crippen LogP contribution is -2.51. The maximum atomic E-state index is 11.2. The summed E-state index contributed by atoms with van der Waals surface area (Å²) in [5.74, 6) is -0.584. The quantitative estimate of drug-likeness (QED) is 0.754. The average Bonchev–Trinajstić information content (AvgIpc) is 2.66. The topological polar surface area (TPSA) is 92.6 Å². The molecular weight excluding hydrogens is 222 g/mol. The third kappa shape index (κ3) is 1.53. The first-order valence-corrected chi connectivity index (χ1v) is 5.19. The van der Waals surface area contributed by atoms with Crippen molar-refractivity contribution in [1.29, 1.82) is 0 Å². The van der Waals surface area contributed by atoms with Crippen LogP contribution in [0.2, 0.25) is 0 Å². The molecule has 3 rings (SSSR count). The molecule has 3 N–H and O–H groups in total. The van der Waals surface area contributed by atoms with Gasteiger partial charge in [-0.15, -0.1) is 0 Å². The van der Waals surface area contributed by atoms with Crippen molar-refractivity contribution < 1.29 is 14.3 Å². The molecule has 6 heteroatoms. The van der Waals surface area contributed by atoms with E-state index in [1.807, 2.05) is 0 Å². The number of nitrogens with zero attached hydrogens (tertiary/aromatic N) is 2. The van der Waals surface area contributed by atoms with E-state index in [4.69, 9.17) is 10.2 Å². The summed E-state index contributed by atoms with van der Waals surface area (Å²) in [5, 5.41) is 9.21. The molecule has 1 fully saturated rings. The second-order valence-corrected chi connectivity index (χ2v) is 3.99. The highest BCUT2D eigenvalue weighted by atomic mass is 16.4. The van der Waals surface area contributed by atoms with Gasteiger partial charge in [0.1, 0.15) is 5.52 Å². The number of β-amino-alcohol motifs (C(OH)–C–C–N with tert-alkyl or cyclic N) is 1. The molecule has 2 aromatic rings. The second-order valence-electron chi connectivity index (χ2n) is 3.99. The monoisotopic (exact) mass is 232 g/mol. The van der Waals surface area contributed by atoms with E-state index >= 15 is 0 Å².